The van der Waals surface area contributed by atoms with Crippen LogP contribution in [-0.4, -0.2) is 116 Å². The van der Waals surface area contributed by atoms with Crippen molar-refractivity contribution >= 4 is 32.9 Å². The van der Waals surface area contributed by atoms with Crippen LogP contribution in [0.15, 0.2) is 24.3 Å². The summed E-state index contributed by atoms with van der Waals surface area (Å²) in [6.45, 7) is 26.6. The highest BCUT2D eigenvalue weighted by molar-refractivity contribution is 6.48. The Morgan fingerprint density at radius 3 is 2.17 bits per heavy atom. The van der Waals surface area contributed by atoms with Gasteiger partial charge in [-0.25, -0.2) is 4.79 Å². The molecule has 0 aromatic heterocycles. The minimum Gasteiger partial charge on any atom is -0.493 e. The third-order valence-electron chi connectivity index (χ3n) is 10.6. The van der Waals surface area contributed by atoms with E-state index in [9.17, 15) is 19.2 Å². The van der Waals surface area contributed by atoms with E-state index in [1.807, 2.05) is 45.9 Å². The maximum Gasteiger partial charge on any atom is 0.407 e. The number of benzene rings is 1. The molecule has 1 heterocycles. The summed E-state index contributed by atoms with van der Waals surface area (Å²) < 4.78 is 28.5. The lowest BCUT2D eigenvalue weighted by atomic mass is 9.67. The second-order valence-electron chi connectivity index (χ2n) is 18.3. The number of unbranched alkanes of at least 4 members (excludes halogenated alkanes) is 1. The monoisotopic (exact) mass is 834 g/mol. The lowest BCUT2D eigenvalue weighted by Gasteiger charge is -2.42. The number of carbonyl (C=O) groups is 4. The topological polar surface area (TPSA) is 154 Å². The van der Waals surface area contributed by atoms with Gasteiger partial charge >= 0.3 is 6.09 Å². The van der Waals surface area contributed by atoms with Crippen LogP contribution in [0, 0.1) is 35.0 Å². The number of para-hydroxylation sites is 1. The number of ether oxygens (including phenoxy) is 4. The zero-order valence-electron chi connectivity index (χ0n) is 37.8. The third kappa shape index (κ3) is 19.2. The number of amides is 4. The van der Waals surface area contributed by atoms with Crippen molar-refractivity contribution < 1.29 is 42.6 Å². The Hall–Kier alpha value is -3.20. The zero-order valence-corrected chi connectivity index (χ0v) is 38.8. The van der Waals surface area contributed by atoms with Gasteiger partial charge in [-0.3, -0.25) is 14.4 Å². The molecule has 331 valence electrons. The van der Waals surface area contributed by atoms with E-state index in [1.54, 1.807) is 18.1 Å². The van der Waals surface area contributed by atoms with E-state index in [-0.39, 0.29) is 59.8 Å². The largest absolute Gasteiger partial charge is 0.493 e. The second kappa shape index (κ2) is 25.4. The van der Waals surface area contributed by atoms with Crippen LogP contribution in [0.1, 0.15) is 105 Å². The third-order valence-corrected chi connectivity index (χ3v) is 11.4. The number of hydrogen-bond donors (Lipinski definition) is 3. The van der Waals surface area contributed by atoms with Gasteiger partial charge in [0.25, 0.3) is 5.91 Å². The molecule has 0 saturated carbocycles. The number of methoxy groups -OCH3 is 1. The smallest absolute Gasteiger partial charge is 0.407 e. The Kier molecular flexibility index (Phi) is 22.3. The Balaban J connectivity index is 2.39. The van der Waals surface area contributed by atoms with E-state index in [1.165, 1.54) is 0 Å². The molecule has 1 aliphatic rings. The number of carbonyl (C=O) groups excluding carboxylic acids is 4. The van der Waals surface area contributed by atoms with Crippen molar-refractivity contribution in [1.29, 1.82) is 0 Å². The summed E-state index contributed by atoms with van der Waals surface area (Å²) in [4.78, 5) is 56.1. The molecule has 1 radical (unpaired) electrons. The van der Waals surface area contributed by atoms with Crippen molar-refractivity contribution in [3.8, 4) is 5.75 Å². The Labute approximate surface area is 351 Å². The molecule has 3 N–H and O–H groups in total. The summed E-state index contributed by atoms with van der Waals surface area (Å²) in [7, 11) is 0.658. The van der Waals surface area contributed by atoms with Crippen molar-refractivity contribution in [2.24, 2.45) is 35.0 Å². The zero-order chi connectivity index (χ0) is 43.5. The Morgan fingerprint density at radius 2 is 1.57 bits per heavy atom. The van der Waals surface area contributed by atoms with Crippen LogP contribution in [-0.2, 0) is 28.2 Å². The molecule has 4 amide bonds. The molecular weight excluding hydrogens is 757 g/mol. The van der Waals surface area contributed by atoms with Gasteiger partial charge in [-0.05, 0) is 101 Å². The molecule has 2 rings (SSSR count). The van der Waals surface area contributed by atoms with Gasteiger partial charge in [0, 0.05) is 64.9 Å². The average Bonchev–Trinajstić information content (AvgIpc) is 3.14. The lowest BCUT2D eigenvalue weighted by Crippen LogP contribution is -2.51. The molecule has 0 spiro atoms. The van der Waals surface area contributed by atoms with Gasteiger partial charge in [0.05, 0.1) is 25.4 Å². The molecule has 1 aliphatic heterocycles. The number of nitrogens with zero attached hydrogens (tertiary/aromatic N) is 1. The predicted molar refractivity (Wildman–Crippen MR) is 230 cm³/mol. The number of nitrogens with one attached hydrogen (secondary N) is 3. The highest BCUT2D eigenvalue weighted by atomic mass is 28.3. The molecule has 0 aliphatic carbocycles. The van der Waals surface area contributed by atoms with Crippen LogP contribution in [0.2, 0.25) is 13.1 Å². The van der Waals surface area contributed by atoms with Crippen molar-refractivity contribution in [2.45, 2.75) is 119 Å². The van der Waals surface area contributed by atoms with Crippen LogP contribution in [0.5, 0.6) is 5.75 Å². The molecule has 1 unspecified atom stereocenters. The van der Waals surface area contributed by atoms with E-state index < -0.39 is 32.7 Å². The molecule has 0 bridgehead atoms. The van der Waals surface area contributed by atoms with Crippen molar-refractivity contribution in [1.82, 2.24) is 20.9 Å². The molecule has 1 saturated heterocycles. The number of rotatable bonds is 24. The maximum atomic E-state index is 14.2. The molecule has 5 atom stereocenters. The summed E-state index contributed by atoms with van der Waals surface area (Å²) >= 11 is 0. The lowest BCUT2D eigenvalue weighted by molar-refractivity contribution is -0.135. The van der Waals surface area contributed by atoms with E-state index in [2.05, 4.69) is 63.7 Å². The van der Waals surface area contributed by atoms with Crippen LogP contribution in [0.25, 0.3) is 0 Å². The first-order valence-corrected chi connectivity index (χ1v) is 23.7. The average molecular weight is 834 g/mol. The fourth-order valence-electron chi connectivity index (χ4n) is 7.13. The Morgan fingerprint density at radius 1 is 0.914 bits per heavy atom. The molecule has 58 heavy (non-hydrogen) atoms. The van der Waals surface area contributed by atoms with E-state index >= 15 is 0 Å². The molecule has 1 fully saturated rings. The minimum atomic E-state index is -1.01. The number of morpholine rings is 1. The van der Waals surface area contributed by atoms with Crippen LogP contribution < -0.4 is 20.7 Å². The van der Waals surface area contributed by atoms with E-state index in [0.29, 0.717) is 76.8 Å². The first kappa shape index (κ1) is 50.9. The first-order chi connectivity index (χ1) is 27.2. The predicted octanol–water partition coefficient (Wildman–Crippen LogP) is 6.71. The van der Waals surface area contributed by atoms with Gasteiger partial charge in [-0.1, -0.05) is 53.7 Å². The molecule has 13 nitrogen and oxygen atoms in total. The highest BCUT2D eigenvalue weighted by Gasteiger charge is 2.40. The van der Waals surface area contributed by atoms with Gasteiger partial charge < -0.3 is 44.2 Å². The normalized spacial score (nSPS) is 16.3. The molecule has 1 aromatic rings. The van der Waals surface area contributed by atoms with E-state index in [4.69, 9.17) is 23.4 Å². The van der Waals surface area contributed by atoms with Crippen LogP contribution >= 0.6 is 0 Å². The first-order valence-electron chi connectivity index (χ1n) is 21.3. The van der Waals surface area contributed by atoms with Gasteiger partial charge in [-0.2, -0.15) is 0 Å². The number of hydrogen-bond acceptors (Lipinski definition) is 9. The van der Waals surface area contributed by atoms with Gasteiger partial charge in [0.15, 0.2) is 0 Å². The minimum absolute atomic E-state index is 0.00397. The highest BCUT2D eigenvalue weighted by Crippen LogP contribution is 2.39. The van der Waals surface area contributed by atoms with Crippen LogP contribution in [0.3, 0.4) is 0 Å². The fourth-order valence-corrected chi connectivity index (χ4v) is 7.73. The SMILES string of the molecule is COCCCCOc1ccccc1C(=O)NC[C@@H](C[C@H](NC(=O)OC(C)(C)C)[C@@H](C[C@H](C(=O)NCCC(=O)N1CCOCC1)C(C)CO[Si](C)C)C(C)(C)C)C(C)C. The molecule has 14 heteroatoms. The van der Waals surface area contributed by atoms with Crippen molar-refractivity contribution in [3.05, 3.63) is 29.8 Å². The summed E-state index contributed by atoms with van der Waals surface area (Å²) in [6, 6.07) is 6.84. The van der Waals surface area contributed by atoms with Crippen LogP contribution in [0.4, 0.5) is 4.79 Å². The van der Waals surface area contributed by atoms with E-state index in [0.717, 1.165) is 12.8 Å². The van der Waals surface area contributed by atoms with Gasteiger partial charge in [-0.15, -0.1) is 0 Å². The standard InChI is InChI=1S/C44H77N4O9Si/c1-31(2)33(29-46-40(50)34-17-13-14-18-38(34)55-24-16-15-23-53-10)27-37(47-42(52)57-44(7,8)9)36(43(4,5)6)28-35(32(3)30-56-58(11)12)41(51)45-20-19-39(49)48-21-25-54-26-22-48/h13-14,17-18,31-33,35-37H,15-16,19-30H2,1-12H3,(H,45,51)(H,46,50)(H,47,52)/t32?,33-,35+,36-,37+/m1/s1. The fraction of sp³-hybridized carbons (Fsp3) is 0.773. The molecular formula is C44H77N4O9Si. The quantitative estimate of drug-likeness (QED) is 0.0762. The van der Waals surface area contributed by atoms with Gasteiger partial charge in [0.2, 0.25) is 20.9 Å². The van der Waals surface area contributed by atoms with Crippen molar-refractivity contribution in [3.63, 3.8) is 0 Å². The summed E-state index contributed by atoms with van der Waals surface area (Å²) in [5.41, 5.74) is -0.615. The van der Waals surface area contributed by atoms with Crippen molar-refractivity contribution in [2.75, 3.05) is 66.3 Å². The maximum absolute atomic E-state index is 14.2. The summed E-state index contributed by atoms with van der Waals surface area (Å²) in [5, 5.41) is 9.49. The molecule has 1 aromatic carbocycles. The van der Waals surface area contributed by atoms with Gasteiger partial charge in [0.1, 0.15) is 11.4 Å². The second-order valence-corrected chi connectivity index (χ2v) is 20.4. The number of alkyl carbamates (subject to hydrolysis) is 1. The summed E-state index contributed by atoms with van der Waals surface area (Å²) in [5.74, 6) is -0.526. The summed E-state index contributed by atoms with van der Waals surface area (Å²) in [6.07, 6.45) is 2.34. The Bertz CT molecular complexity index is 1390.